The third kappa shape index (κ3) is 5.04. The van der Waals surface area contributed by atoms with E-state index in [1.807, 2.05) is 0 Å². The summed E-state index contributed by atoms with van der Waals surface area (Å²) < 4.78 is 10.3. The van der Waals surface area contributed by atoms with Crippen LogP contribution in [-0.4, -0.2) is 55.6 Å². The topological polar surface area (TPSA) is 96.9 Å². The largest absolute Gasteiger partial charge is 0.479 e. The van der Waals surface area contributed by atoms with E-state index < -0.39 is 17.5 Å². The van der Waals surface area contributed by atoms with E-state index >= 15 is 0 Å². The van der Waals surface area contributed by atoms with Gasteiger partial charge < -0.3 is 25.2 Å². The Morgan fingerprint density at radius 2 is 2.21 bits per heavy atom. The Bertz CT molecular complexity index is 302. The molecule has 1 atom stereocenters. The fourth-order valence-corrected chi connectivity index (χ4v) is 1.73. The summed E-state index contributed by atoms with van der Waals surface area (Å²) in [6, 6.07) is -0.507. The van der Waals surface area contributed by atoms with Crippen LogP contribution in [0.4, 0.5) is 4.79 Å². The van der Waals surface area contributed by atoms with E-state index in [1.54, 1.807) is 0 Å². The Kier molecular flexibility index (Phi) is 6.58. The quantitative estimate of drug-likeness (QED) is 0.555. The van der Waals surface area contributed by atoms with E-state index in [1.165, 1.54) is 0 Å². The summed E-state index contributed by atoms with van der Waals surface area (Å²) in [6.07, 6.45) is 2.34. The predicted molar refractivity (Wildman–Crippen MR) is 68.1 cm³/mol. The minimum atomic E-state index is -1.30. The number of carboxylic acids is 1. The number of hydrogen-bond donors (Lipinski definition) is 3. The molecule has 1 aliphatic rings. The molecule has 0 aromatic carbocycles. The average molecular weight is 274 g/mol. The summed E-state index contributed by atoms with van der Waals surface area (Å²) in [4.78, 5) is 22.8. The van der Waals surface area contributed by atoms with Crippen LogP contribution < -0.4 is 10.6 Å². The zero-order valence-electron chi connectivity index (χ0n) is 11.2. The molecule has 1 unspecified atom stereocenters. The van der Waals surface area contributed by atoms with Gasteiger partial charge in [-0.05, 0) is 6.42 Å². The number of carboxylic acid groups (broad SMARTS) is 1. The van der Waals surface area contributed by atoms with Crippen LogP contribution in [0.3, 0.4) is 0 Å². The first-order valence-corrected chi connectivity index (χ1v) is 6.55. The standard InChI is InChI=1S/C12H22N2O5/c1-2-3-6-18-8-5-13-11(17)14-12(10(15)16)4-7-19-9-12/h2-9H2,1H3,(H,15,16)(H2,13,14,17). The van der Waals surface area contributed by atoms with Crippen molar-refractivity contribution in [1.29, 1.82) is 0 Å². The van der Waals surface area contributed by atoms with Gasteiger partial charge in [0.05, 0.1) is 13.2 Å². The van der Waals surface area contributed by atoms with Crippen LogP contribution >= 0.6 is 0 Å². The van der Waals surface area contributed by atoms with Gasteiger partial charge in [0.2, 0.25) is 0 Å². The number of hydrogen-bond acceptors (Lipinski definition) is 4. The average Bonchev–Trinajstić information content (AvgIpc) is 2.83. The molecular formula is C12H22N2O5. The van der Waals surface area contributed by atoms with Crippen LogP contribution in [0.2, 0.25) is 0 Å². The Balaban J connectivity index is 2.21. The van der Waals surface area contributed by atoms with E-state index in [0.29, 0.717) is 26.4 Å². The monoisotopic (exact) mass is 274 g/mol. The fraction of sp³-hybridized carbons (Fsp3) is 0.833. The van der Waals surface area contributed by atoms with Crippen molar-refractivity contribution in [3.05, 3.63) is 0 Å². The van der Waals surface area contributed by atoms with Gasteiger partial charge in [-0.3, -0.25) is 0 Å². The van der Waals surface area contributed by atoms with Gasteiger partial charge in [-0.2, -0.15) is 0 Å². The number of urea groups is 1. The minimum absolute atomic E-state index is 0.00273. The highest BCUT2D eigenvalue weighted by Gasteiger charge is 2.43. The second-order valence-electron chi connectivity index (χ2n) is 4.54. The van der Waals surface area contributed by atoms with E-state index in [9.17, 15) is 9.59 Å². The summed E-state index contributed by atoms with van der Waals surface area (Å²) in [6.45, 7) is 3.86. The van der Waals surface area contributed by atoms with Crippen molar-refractivity contribution in [2.45, 2.75) is 31.7 Å². The molecule has 0 saturated carbocycles. The zero-order valence-corrected chi connectivity index (χ0v) is 11.2. The molecular weight excluding hydrogens is 252 g/mol. The SMILES string of the molecule is CCCCOCCNC(=O)NC1(C(=O)O)CCOC1. The Morgan fingerprint density at radius 1 is 1.42 bits per heavy atom. The van der Waals surface area contributed by atoms with Crippen molar-refractivity contribution >= 4 is 12.0 Å². The highest BCUT2D eigenvalue weighted by Crippen LogP contribution is 2.18. The van der Waals surface area contributed by atoms with Gasteiger partial charge in [0, 0.05) is 26.2 Å². The van der Waals surface area contributed by atoms with Gasteiger partial charge in [-0.15, -0.1) is 0 Å². The van der Waals surface area contributed by atoms with Crippen LogP contribution in [0.25, 0.3) is 0 Å². The Labute approximate surface area is 112 Å². The molecule has 7 heteroatoms. The maximum Gasteiger partial charge on any atom is 0.332 e. The van der Waals surface area contributed by atoms with Crippen LogP contribution in [0.1, 0.15) is 26.2 Å². The second-order valence-corrected chi connectivity index (χ2v) is 4.54. The van der Waals surface area contributed by atoms with E-state index in [-0.39, 0.29) is 13.0 Å². The van der Waals surface area contributed by atoms with Crippen molar-refractivity contribution in [3.63, 3.8) is 0 Å². The van der Waals surface area contributed by atoms with Crippen molar-refractivity contribution in [2.75, 3.05) is 33.0 Å². The van der Waals surface area contributed by atoms with Gasteiger partial charge in [0.25, 0.3) is 0 Å². The number of amides is 2. The first-order valence-electron chi connectivity index (χ1n) is 6.55. The molecule has 1 rings (SSSR count). The summed E-state index contributed by atoms with van der Waals surface area (Å²) in [5, 5.41) is 14.2. The number of nitrogens with one attached hydrogen (secondary N) is 2. The molecule has 1 saturated heterocycles. The lowest BCUT2D eigenvalue weighted by atomic mass is 9.99. The van der Waals surface area contributed by atoms with Crippen LogP contribution in [-0.2, 0) is 14.3 Å². The maximum absolute atomic E-state index is 11.6. The molecule has 0 aliphatic carbocycles. The molecule has 1 fully saturated rings. The molecule has 0 bridgehead atoms. The number of aliphatic carboxylic acids is 1. The van der Waals surface area contributed by atoms with Gasteiger partial charge in [-0.1, -0.05) is 13.3 Å². The van der Waals surface area contributed by atoms with E-state index in [0.717, 1.165) is 12.8 Å². The molecule has 0 aromatic heterocycles. The summed E-state index contributed by atoms with van der Waals surface area (Å²) in [5.74, 6) is -1.07. The first-order chi connectivity index (χ1) is 9.10. The van der Waals surface area contributed by atoms with Crippen LogP contribution in [0.5, 0.6) is 0 Å². The number of ether oxygens (including phenoxy) is 2. The minimum Gasteiger partial charge on any atom is -0.479 e. The fourth-order valence-electron chi connectivity index (χ4n) is 1.73. The Morgan fingerprint density at radius 3 is 2.79 bits per heavy atom. The predicted octanol–water partition coefficient (Wildman–Crippen LogP) is 0.346. The maximum atomic E-state index is 11.6. The molecule has 110 valence electrons. The second kappa shape index (κ2) is 7.96. The number of carbonyl (C=O) groups is 2. The number of rotatable bonds is 8. The third-order valence-electron chi connectivity index (χ3n) is 2.96. The lowest BCUT2D eigenvalue weighted by Gasteiger charge is -2.23. The van der Waals surface area contributed by atoms with Gasteiger partial charge in [-0.25, -0.2) is 9.59 Å². The lowest BCUT2D eigenvalue weighted by Crippen LogP contribution is -2.58. The lowest BCUT2D eigenvalue weighted by molar-refractivity contribution is -0.144. The smallest absolute Gasteiger partial charge is 0.332 e. The zero-order chi connectivity index (χ0) is 14.1. The molecule has 3 N–H and O–H groups in total. The van der Waals surface area contributed by atoms with Crippen molar-refractivity contribution in [2.24, 2.45) is 0 Å². The van der Waals surface area contributed by atoms with Crippen LogP contribution in [0.15, 0.2) is 0 Å². The first kappa shape index (κ1) is 15.7. The molecule has 0 spiro atoms. The molecule has 0 radical (unpaired) electrons. The van der Waals surface area contributed by atoms with Gasteiger partial charge in [0.15, 0.2) is 5.54 Å². The van der Waals surface area contributed by atoms with Gasteiger partial charge in [0.1, 0.15) is 0 Å². The highest BCUT2D eigenvalue weighted by atomic mass is 16.5. The van der Waals surface area contributed by atoms with E-state index in [4.69, 9.17) is 14.6 Å². The molecule has 2 amide bonds. The normalized spacial score (nSPS) is 22.2. The Hall–Kier alpha value is -1.34. The van der Waals surface area contributed by atoms with Crippen molar-refractivity contribution < 1.29 is 24.2 Å². The number of unbranched alkanes of at least 4 members (excludes halogenated alkanes) is 1. The van der Waals surface area contributed by atoms with Gasteiger partial charge >= 0.3 is 12.0 Å². The molecule has 7 nitrogen and oxygen atoms in total. The summed E-state index contributed by atoms with van der Waals surface area (Å²) in [5.41, 5.74) is -1.30. The van der Waals surface area contributed by atoms with E-state index in [2.05, 4.69) is 17.6 Å². The summed E-state index contributed by atoms with van der Waals surface area (Å²) in [7, 11) is 0. The van der Waals surface area contributed by atoms with Crippen molar-refractivity contribution in [3.8, 4) is 0 Å². The van der Waals surface area contributed by atoms with Crippen LogP contribution in [0, 0.1) is 0 Å². The molecule has 1 heterocycles. The third-order valence-corrected chi connectivity index (χ3v) is 2.96. The van der Waals surface area contributed by atoms with Crippen molar-refractivity contribution in [1.82, 2.24) is 10.6 Å². The molecule has 19 heavy (non-hydrogen) atoms. The summed E-state index contributed by atoms with van der Waals surface area (Å²) >= 11 is 0. The highest BCUT2D eigenvalue weighted by molar-refractivity contribution is 5.86. The molecule has 0 aromatic rings. The molecule has 1 aliphatic heterocycles. The number of carbonyl (C=O) groups excluding carboxylic acids is 1.